The Bertz CT molecular complexity index is 1680. The van der Waals surface area contributed by atoms with Crippen molar-refractivity contribution in [3.63, 3.8) is 0 Å². The molecule has 6 atom stereocenters. The highest BCUT2D eigenvalue weighted by Crippen LogP contribution is 2.45. The van der Waals surface area contributed by atoms with Crippen LogP contribution in [-0.4, -0.2) is 96.7 Å². The molecule has 85 heavy (non-hydrogen) atoms. The molecular weight excluding hydrogens is 1130 g/mol. The minimum Gasteiger partial charge on any atom is -0.462 e. The Labute approximate surface area is 517 Å². The third-order valence-electron chi connectivity index (χ3n) is 15.5. The zero-order valence-electron chi connectivity index (χ0n) is 55.1. The number of esters is 4. The molecule has 0 heterocycles. The summed E-state index contributed by atoms with van der Waals surface area (Å²) in [6.45, 7) is 11.7. The molecule has 0 aromatic carbocycles. The monoisotopic (exact) mass is 1250 g/mol. The topological polar surface area (TPSA) is 237 Å². The number of ether oxygens (including phenoxy) is 4. The molecule has 0 bridgehead atoms. The summed E-state index contributed by atoms with van der Waals surface area (Å²) in [6.07, 6.45) is 39.1. The molecule has 0 radical (unpaired) electrons. The standard InChI is InChI=1S/C66H128O17P2/c1-8-10-11-12-13-14-15-16-17-18-21-25-35-42-49-65(70)82-61(53-76-63(68)47-40-33-24-22-19-20-23-30-37-44-57(3)4)55-80-84(72,73)78-51-60(67)52-79-85(74,75)81-56-62(54-77-64(69)48-41-34-28-26-31-38-45-58(5)6)83-66(71)50-43-36-29-27-32-39-46-59(7)9-2/h57-62,67H,8-56H2,1-7H3,(H,72,73)(H,74,75)/t59?,60-,61-,62-/m1/s1. The van der Waals surface area contributed by atoms with Crippen molar-refractivity contribution >= 4 is 39.5 Å². The van der Waals surface area contributed by atoms with Crippen LogP contribution in [0.25, 0.3) is 0 Å². The molecule has 3 unspecified atom stereocenters. The van der Waals surface area contributed by atoms with Gasteiger partial charge in [-0.15, -0.1) is 0 Å². The van der Waals surface area contributed by atoms with Crippen LogP contribution in [0.4, 0.5) is 0 Å². The van der Waals surface area contributed by atoms with Crippen LogP contribution in [0.1, 0.15) is 325 Å². The Morgan fingerprint density at radius 1 is 0.341 bits per heavy atom. The van der Waals surface area contributed by atoms with Crippen molar-refractivity contribution in [2.45, 2.75) is 343 Å². The van der Waals surface area contributed by atoms with E-state index in [1.165, 1.54) is 128 Å². The van der Waals surface area contributed by atoms with Gasteiger partial charge in [0, 0.05) is 25.7 Å². The predicted octanol–water partition coefficient (Wildman–Crippen LogP) is 18.3. The van der Waals surface area contributed by atoms with Gasteiger partial charge in [0.25, 0.3) is 0 Å². The molecule has 0 fully saturated rings. The smallest absolute Gasteiger partial charge is 0.462 e. The first-order valence-corrected chi connectivity index (χ1v) is 37.4. The van der Waals surface area contributed by atoms with Crippen molar-refractivity contribution in [1.29, 1.82) is 0 Å². The van der Waals surface area contributed by atoms with Crippen molar-refractivity contribution in [2.24, 2.45) is 17.8 Å². The Kier molecular flexibility index (Phi) is 55.9. The van der Waals surface area contributed by atoms with E-state index in [1.54, 1.807) is 0 Å². The van der Waals surface area contributed by atoms with Gasteiger partial charge in [-0.25, -0.2) is 9.13 Å². The zero-order valence-corrected chi connectivity index (χ0v) is 56.9. The highest BCUT2D eigenvalue weighted by Gasteiger charge is 2.30. The van der Waals surface area contributed by atoms with Gasteiger partial charge in [0.05, 0.1) is 26.4 Å². The van der Waals surface area contributed by atoms with Crippen molar-refractivity contribution < 1.29 is 80.2 Å². The van der Waals surface area contributed by atoms with E-state index in [0.29, 0.717) is 31.6 Å². The number of hydrogen-bond acceptors (Lipinski definition) is 15. The highest BCUT2D eigenvalue weighted by atomic mass is 31.2. The molecule has 0 saturated heterocycles. The van der Waals surface area contributed by atoms with Gasteiger partial charge in [0.1, 0.15) is 19.3 Å². The molecule has 0 aliphatic rings. The second kappa shape index (κ2) is 57.2. The van der Waals surface area contributed by atoms with Crippen LogP contribution >= 0.6 is 15.6 Å². The summed E-state index contributed by atoms with van der Waals surface area (Å²) in [5.74, 6) is 0.00756. The Morgan fingerprint density at radius 3 is 0.894 bits per heavy atom. The number of unbranched alkanes of at least 4 members (excludes halogenated alkanes) is 31. The molecule has 3 N–H and O–H groups in total. The molecular formula is C66H128O17P2. The van der Waals surface area contributed by atoms with Crippen LogP contribution in [0.15, 0.2) is 0 Å². The lowest BCUT2D eigenvalue weighted by molar-refractivity contribution is -0.161. The second-order valence-electron chi connectivity index (χ2n) is 25.1. The van der Waals surface area contributed by atoms with Gasteiger partial charge in [-0.2, -0.15) is 0 Å². The van der Waals surface area contributed by atoms with E-state index >= 15 is 0 Å². The number of rotatable bonds is 64. The van der Waals surface area contributed by atoms with E-state index in [2.05, 4.69) is 48.5 Å². The van der Waals surface area contributed by atoms with Gasteiger partial charge >= 0.3 is 39.5 Å². The maximum atomic E-state index is 13.0. The average Bonchev–Trinajstić information content (AvgIpc) is 3.46. The number of phosphoric acid groups is 2. The molecule has 19 heteroatoms. The van der Waals surface area contributed by atoms with Gasteiger partial charge in [-0.3, -0.25) is 37.3 Å². The van der Waals surface area contributed by atoms with Crippen molar-refractivity contribution in [2.75, 3.05) is 39.6 Å². The van der Waals surface area contributed by atoms with E-state index in [0.717, 1.165) is 108 Å². The summed E-state index contributed by atoms with van der Waals surface area (Å²) in [5, 5.41) is 10.5. The fourth-order valence-electron chi connectivity index (χ4n) is 9.80. The number of aliphatic hydroxyl groups excluding tert-OH is 1. The van der Waals surface area contributed by atoms with Crippen LogP contribution in [0.5, 0.6) is 0 Å². The van der Waals surface area contributed by atoms with E-state index in [-0.39, 0.29) is 25.7 Å². The third kappa shape index (κ3) is 59.5. The van der Waals surface area contributed by atoms with Crippen LogP contribution in [0, 0.1) is 17.8 Å². The summed E-state index contributed by atoms with van der Waals surface area (Å²) in [4.78, 5) is 72.3. The fraction of sp³-hybridized carbons (Fsp3) is 0.939. The quantitative estimate of drug-likeness (QED) is 0.0222. The second-order valence-corrected chi connectivity index (χ2v) is 28.0. The third-order valence-corrected chi connectivity index (χ3v) is 17.4. The number of aliphatic hydroxyl groups is 1. The molecule has 0 saturated carbocycles. The molecule has 0 amide bonds. The van der Waals surface area contributed by atoms with Crippen LogP contribution in [-0.2, 0) is 65.4 Å². The van der Waals surface area contributed by atoms with Crippen molar-refractivity contribution in [3.8, 4) is 0 Å². The lowest BCUT2D eigenvalue weighted by atomic mass is 10.00. The molecule has 0 aromatic heterocycles. The highest BCUT2D eigenvalue weighted by molar-refractivity contribution is 7.47. The normalized spacial score (nSPS) is 14.6. The molecule has 0 aliphatic heterocycles. The van der Waals surface area contributed by atoms with Crippen molar-refractivity contribution in [1.82, 2.24) is 0 Å². The largest absolute Gasteiger partial charge is 0.472 e. The van der Waals surface area contributed by atoms with Gasteiger partial charge < -0.3 is 33.8 Å². The Hall–Kier alpha value is -1.94. The summed E-state index contributed by atoms with van der Waals surface area (Å²) >= 11 is 0. The Balaban J connectivity index is 5.25. The number of carbonyl (C=O) groups excluding carboxylic acids is 4. The van der Waals surface area contributed by atoms with Crippen LogP contribution in [0.3, 0.4) is 0 Å². The first kappa shape index (κ1) is 83.1. The number of hydrogen-bond donors (Lipinski definition) is 3. The Morgan fingerprint density at radius 2 is 0.600 bits per heavy atom. The maximum absolute atomic E-state index is 13.0. The van der Waals surface area contributed by atoms with E-state index in [9.17, 15) is 43.2 Å². The first-order valence-electron chi connectivity index (χ1n) is 34.4. The number of phosphoric ester groups is 2. The van der Waals surface area contributed by atoms with Gasteiger partial charge in [-0.05, 0) is 43.4 Å². The van der Waals surface area contributed by atoms with Gasteiger partial charge in [-0.1, -0.05) is 273 Å². The van der Waals surface area contributed by atoms with E-state index in [1.807, 2.05) is 0 Å². The minimum atomic E-state index is -4.95. The molecule has 17 nitrogen and oxygen atoms in total. The van der Waals surface area contributed by atoms with E-state index < -0.39 is 97.5 Å². The predicted molar refractivity (Wildman–Crippen MR) is 340 cm³/mol. The first-order chi connectivity index (χ1) is 40.8. The lowest BCUT2D eigenvalue weighted by Crippen LogP contribution is -2.30. The van der Waals surface area contributed by atoms with Crippen LogP contribution in [0.2, 0.25) is 0 Å². The summed E-state index contributed by atoms with van der Waals surface area (Å²) < 4.78 is 68.1. The molecule has 0 aromatic rings. The zero-order chi connectivity index (χ0) is 63.1. The fourth-order valence-corrected chi connectivity index (χ4v) is 11.4. The molecule has 0 spiro atoms. The van der Waals surface area contributed by atoms with Crippen LogP contribution < -0.4 is 0 Å². The molecule has 0 aliphatic carbocycles. The summed E-state index contributed by atoms with van der Waals surface area (Å²) in [5.41, 5.74) is 0. The summed E-state index contributed by atoms with van der Waals surface area (Å²) in [7, 11) is -9.89. The van der Waals surface area contributed by atoms with Gasteiger partial charge in [0.2, 0.25) is 0 Å². The molecule has 504 valence electrons. The number of carbonyl (C=O) groups is 4. The molecule has 0 rings (SSSR count). The van der Waals surface area contributed by atoms with E-state index in [4.69, 9.17) is 37.0 Å². The summed E-state index contributed by atoms with van der Waals surface area (Å²) in [6, 6.07) is 0. The van der Waals surface area contributed by atoms with Gasteiger partial charge in [0.15, 0.2) is 12.2 Å². The lowest BCUT2D eigenvalue weighted by Gasteiger charge is -2.21. The SMILES string of the molecule is CCCCCCCCCCCCCCCCC(=O)O[C@H](COC(=O)CCCCCCCCCCCC(C)C)COP(=O)(O)OC[C@@H](O)COP(=O)(O)OC[C@@H](COC(=O)CCCCCCCCC(C)C)OC(=O)CCCCCCCCC(C)CC. The average molecular weight is 1260 g/mol. The minimum absolute atomic E-state index is 0.102. The maximum Gasteiger partial charge on any atom is 0.472 e. The van der Waals surface area contributed by atoms with Crippen molar-refractivity contribution in [3.05, 3.63) is 0 Å².